The summed E-state index contributed by atoms with van der Waals surface area (Å²) in [5.74, 6) is -1.52. The van der Waals surface area contributed by atoms with Gasteiger partial charge in [0, 0.05) is 22.5 Å². The largest absolute Gasteiger partial charge is 0.496 e. The molecule has 0 atom stereocenters. The summed E-state index contributed by atoms with van der Waals surface area (Å²) in [4.78, 5) is 50.1. The smallest absolute Gasteiger partial charge is 0.273 e. The Morgan fingerprint density at radius 1 is 1.07 bits per heavy atom. The number of hydrogen-bond acceptors (Lipinski definition) is 5. The average Bonchev–Trinajstić information content (AvgIpc) is 2.96. The van der Waals surface area contributed by atoms with Crippen molar-refractivity contribution in [2.24, 2.45) is 0 Å². The van der Waals surface area contributed by atoms with Gasteiger partial charge in [-0.2, -0.15) is 0 Å². The number of rotatable bonds is 6. The predicted molar refractivity (Wildman–Crippen MR) is 112 cm³/mol. The van der Waals surface area contributed by atoms with E-state index in [0.29, 0.717) is 26.4 Å². The molecule has 3 rings (SSSR count). The first-order chi connectivity index (χ1) is 14.3. The fourth-order valence-electron chi connectivity index (χ4n) is 2.98. The molecule has 0 bridgehead atoms. The fourth-order valence-corrected chi connectivity index (χ4v) is 3.51. The van der Waals surface area contributed by atoms with Gasteiger partial charge in [0.1, 0.15) is 5.75 Å². The molecule has 2 aromatic rings. The summed E-state index contributed by atoms with van der Waals surface area (Å²) in [6.07, 6.45) is 0.249. The monoisotopic (exact) mass is 493 g/mol. The Kier molecular flexibility index (Phi) is 6.73. The van der Waals surface area contributed by atoms with Crippen molar-refractivity contribution >= 4 is 51.2 Å². The number of hydrogen-bond donors (Lipinski definition) is 2. The van der Waals surface area contributed by atoms with Gasteiger partial charge in [-0.05, 0) is 42.8 Å². The lowest BCUT2D eigenvalue weighted by molar-refractivity contribution is -0.122. The molecule has 1 aliphatic rings. The van der Waals surface area contributed by atoms with E-state index in [1.54, 1.807) is 30.3 Å². The van der Waals surface area contributed by atoms with Crippen LogP contribution in [0.25, 0.3) is 0 Å². The van der Waals surface area contributed by atoms with Gasteiger partial charge in [0.25, 0.3) is 17.7 Å². The molecule has 0 radical (unpaired) electrons. The third-order valence-electron chi connectivity index (χ3n) is 4.44. The van der Waals surface area contributed by atoms with E-state index in [-0.39, 0.29) is 30.9 Å². The molecule has 2 aromatic carbocycles. The molecular formula is C20H17BrClN3O5. The summed E-state index contributed by atoms with van der Waals surface area (Å²) in [6, 6.07) is 9.42. The highest BCUT2D eigenvalue weighted by Crippen LogP contribution is 2.26. The van der Waals surface area contributed by atoms with Crippen LogP contribution in [-0.2, 0) is 4.79 Å². The van der Waals surface area contributed by atoms with Crippen LogP contribution in [0.15, 0.2) is 40.9 Å². The number of ether oxygens (including phenoxy) is 1. The molecule has 0 saturated heterocycles. The SMILES string of the molecule is COc1ccc(Cl)cc1C(=O)NNC(=O)CCCN1C(=O)c2ccc(Br)cc2C1=O. The Bertz CT molecular complexity index is 1040. The van der Waals surface area contributed by atoms with Gasteiger partial charge >= 0.3 is 0 Å². The molecule has 1 aliphatic heterocycles. The van der Waals surface area contributed by atoms with Crippen molar-refractivity contribution in [3.05, 3.63) is 62.6 Å². The van der Waals surface area contributed by atoms with Crippen LogP contribution < -0.4 is 15.6 Å². The maximum absolute atomic E-state index is 12.4. The number of nitrogens with zero attached hydrogens (tertiary/aromatic N) is 1. The number of hydrazine groups is 1. The van der Waals surface area contributed by atoms with Crippen LogP contribution in [0.5, 0.6) is 5.75 Å². The van der Waals surface area contributed by atoms with Gasteiger partial charge in [0.15, 0.2) is 0 Å². The first-order valence-electron chi connectivity index (χ1n) is 8.90. The quantitative estimate of drug-likeness (QED) is 0.475. The second-order valence-electron chi connectivity index (χ2n) is 6.40. The number of carbonyl (C=O) groups excluding carboxylic acids is 4. The van der Waals surface area contributed by atoms with Crippen LogP contribution in [0, 0.1) is 0 Å². The van der Waals surface area contributed by atoms with Crippen LogP contribution >= 0.6 is 27.5 Å². The van der Waals surface area contributed by atoms with Gasteiger partial charge in [-0.25, -0.2) is 0 Å². The Hall–Kier alpha value is -2.91. The Labute approximate surface area is 185 Å². The van der Waals surface area contributed by atoms with Crippen molar-refractivity contribution in [2.45, 2.75) is 12.8 Å². The number of nitrogens with one attached hydrogen (secondary N) is 2. The van der Waals surface area contributed by atoms with E-state index >= 15 is 0 Å². The number of benzene rings is 2. The maximum atomic E-state index is 12.4. The molecule has 2 N–H and O–H groups in total. The molecule has 8 nitrogen and oxygen atoms in total. The van der Waals surface area contributed by atoms with Crippen LogP contribution in [0.2, 0.25) is 5.02 Å². The summed E-state index contributed by atoms with van der Waals surface area (Å²) in [7, 11) is 1.41. The van der Waals surface area contributed by atoms with Crippen molar-refractivity contribution in [1.82, 2.24) is 15.8 Å². The maximum Gasteiger partial charge on any atom is 0.273 e. The molecule has 0 unspecified atom stereocenters. The molecule has 1 heterocycles. The van der Waals surface area contributed by atoms with Crippen LogP contribution in [0.1, 0.15) is 43.9 Å². The van der Waals surface area contributed by atoms with Gasteiger partial charge in [-0.15, -0.1) is 0 Å². The Morgan fingerprint density at radius 3 is 2.53 bits per heavy atom. The van der Waals surface area contributed by atoms with E-state index in [2.05, 4.69) is 26.8 Å². The lowest BCUT2D eigenvalue weighted by Gasteiger charge is -2.14. The molecule has 156 valence electrons. The standard InChI is InChI=1S/C20H17BrClN3O5/c1-30-16-7-5-12(22)10-15(16)18(27)24-23-17(26)3-2-8-25-19(28)13-6-4-11(21)9-14(13)20(25)29/h4-7,9-10H,2-3,8H2,1H3,(H,23,26)(H,24,27). The highest BCUT2D eigenvalue weighted by molar-refractivity contribution is 9.10. The number of halogens is 2. The number of carbonyl (C=O) groups is 4. The van der Waals surface area contributed by atoms with E-state index in [9.17, 15) is 19.2 Å². The molecule has 0 spiro atoms. The first kappa shape index (κ1) is 21.8. The Morgan fingerprint density at radius 2 is 1.80 bits per heavy atom. The van der Waals surface area contributed by atoms with Crippen LogP contribution in [0.3, 0.4) is 0 Å². The molecule has 30 heavy (non-hydrogen) atoms. The topological polar surface area (TPSA) is 105 Å². The van der Waals surface area contributed by atoms with Gasteiger partial charge in [-0.3, -0.25) is 34.9 Å². The molecule has 0 fully saturated rings. The van der Waals surface area contributed by atoms with Gasteiger partial charge in [0.05, 0.1) is 23.8 Å². The predicted octanol–water partition coefficient (Wildman–Crippen LogP) is 2.95. The molecule has 0 aromatic heterocycles. The summed E-state index contributed by atoms with van der Waals surface area (Å²) >= 11 is 9.17. The summed E-state index contributed by atoms with van der Waals surface area (Å²) in [6.45, 7) is 0.0907. The van der Waals surface area contributed by atoms with E-state index < -0.39 is 17.7 Å². The first-order valence-corrected chi connectivity index (χ1v) is 10.1. The Balaban J connectivity index is 1.49. The average molecular weight is 495 g/mol. The second kappa shape index (κ2) is 9.27. The summed E-state index contributed by atoms with van der Waals surface area (Å²) in [5, 5.41) is 0.347. The van der Waals surface area contributed by atoms with E-state index in [1.807, 2.05) is 0 Å². The van der Waals surface area contributed by atoms with Crippen molar-refractivity contribution in [3.63, 3.8) is 0 Å². The third kappa shape index (κ3) is 4.63. The van der Waals surface area contributed by atoms with Gasteiger partial charge in [-0.1, -0.05) is 27.5 Å². The van der Waals surface area contributed by atoms with Gasteiger partial charge < -0.3 is 4.74 Å². The fraction of sp³-hybridized carbons (Fsp3) is 0.200. The molecular weight excluding hydrogens is 478 g/mol. The minimum absolute atomic E-state index is 0.00403. The third-order valence-corrected chi connectivity index (χ3v) is 5.17. The van der Waals surface area contributed by atoms with Crippen molar-refractivity contribution in [1.29, 1.82) is 0 Å². The van der Waals surface area contributed by atoms with Crippen LogP contribution in [-0.4, -0.2) is 42.2 Å². The zero-order valence-corrected chi connectivity index (χ0v) is 18.2. The molecule has 0 saturated carbocycles. The van der Waals surface area contributed by atoms with E-state index in [1.165, 1.54) is 13.2 Å². The van der Waals surface area contributed by atoms with Gasteiger partial charge in [0.2, 0.25) is 5.91 Å². The lowest BCUT2D eigenvalue weighted by atomic mass is 10.1. The van der Waals surface area contributed by atoms with Crippen molar-refractivity contribution in [3.8, 4) is 5.75 Å². The number of imide groups is 1. The zero-order chi connectivity index (χ0) is 21.8. The highest BCUT2D eigenvalue weighted by Gasteiger charge is 2.35. The van der Waals surface area contributed by atoms with Crippen LogP contribution in [0.4, 0.5) is 0 Å². The van der Waals surface area contributed by atoms with Crippen molar-refractivity contribution < 1.29 is 23.9 Å². The minimum atomic E-state index is -0.589. The molecule has 10 heteroatoms. The van der Waals surface area contributed by atoms with Crippen molar-refractivity contribution in [2.75, 3.05) is 13.7 Å². The zero-order valence-electron chi connectivity index (χ0n) is 15.8. The lowest BCUT2D eigenvalue weighted by Crippen LogP contribution is -2.42. The number of amides is 4. The molecule has 4 amide bonds. The summed E-state index contributed by atoms with van der Waals surface area (Å²) in [5.41, 5.74) is 5.43. The number of methoxy groups -OCH3 is 1. The highest BCUT2D eigenvalue weighted by atomic mass is 79.9. The van der Waals surface area contributed by atoms with E-state index in [0.717, 1.165) is 4.90 Å². The second-order valence-corrected chi connectivity index (χ2v) is 7.75. The molecule has 0 aliphatic carbocycles. The van der Waals surface area contributed by atoms with E-state index in [4.69, 9.17) is 16.3 Å². The normalized spacial score (nSPS) is 12.6. The minimum Gasteiger partial charge on any atom is -0.496 e. The number of fused-ring (bicyclic) bond motifs is 1. The summed E-state index contributed by atoms with van der Waals surface area (Å²) < 4.78 is 5.80.